The van der Waals surface area contributed by atoms with E-state index in [0.717, 1.165) is 5.56 Å². The fraction of sp³-hybridized carbons (Fsp3) is 0.300. The largest absolute Gasteiger partial charge is 0.335 e. The summed E-state index contributed by atoms with van der Waals surface area (Å²) in [6, 6.07) is 12.6. The van der Waals surface area contributed by atoms with E-state index in [9.17, 15) is 9.59 Å². The number of carbonyl (C=O) groups is 2. The first kappa shape index (κ1) is 17.6. The number of hydrogen-bond donors (Lipinski definition) is 0. The van der Waals surface area contributed by atoms with Crippen LogP contribution in [-0.4, -0.2) is 45.7 Å². The Morgan fingerprint density at radius 2 is 1.96 bits per heavy atom. The zero-order valence-corrected chi connectivity index (χ0v) is 14.8. The van der Waals surface area contributed by atoms with Gasteiger partial charge >= 0.3 is 0 Å². The molecule has 3 rings (SSSR count). The van der Waals surface area contributed by atoms with Crippen molar-refractivity contribution in [2.45, 2.75) is 26.4 Å². The molecule has 1 aliphatic rings. The quantitative estimate of drug-likeness (QED) is 0.851. The Morgan fingerprint density at radius 1 is 1.23 bits per heavy atom. The second-order valence-corrected chi connectivity index (χ2v) is 6.46. The first-order chi connectivity index (χ1) is 12.5. The highest BCUT2D eigenvalue weighted by Gasteiger charge is 2.34. The van der Waals surface area contributed by atoms with Crippen molar-refractivity contribution in [1.29, 1.82) is 5.26 Å². The summed E-state index contributed by atoms with van der Waals surface area (Å²) >= 11 is 0. The molecule has 1 unspecified atom stereocenters. The van der Waals surface area contributed by atoms with Crippen LogP contribution in [0.4, 0.5) is 0 Å². The molecule has 0 bridgehead atoms. The predicted molar refractivity (Wildman–Crippen MR) is 96.0 cm³/mol. The molecule has 132 valence electrons. The van der Waals surface area contributed by atoms with Crippen LogP contribution in [0.5, 0.6) is 0 Å². The minimum absolute atomic E-state index is 0.0632. The summed E-state index contributed by atoms with van der Waals surface area (Å²) in [6.07, 6.45) is 1.39. The average Bonchev–Trinajstić information content (AvgIpc) is 2.67. The van der Waals surface area contributed by atoms with Crippen LogP contribution in [0.1, 0.15) is 34.1 Å². The zero-order chi connectivity index (χ0) is 18.7. The van der Waals surface area contributed by atoms with Crippen LogP contribution in [-0.2, 0) is 11.3 Å². The summed E-state index contributed by atoms with van der Waals surface area (Å²) in [4.78, 5) is 32.7. The van der Waals surface area contributed by atoms with Crippen LogP contribution in [0.2, 0.25) is 0 Å². The van der Waals surface area contributed by atoms with Gasteiger partial charge < -0.3 is 9.80 Å². The van der Waals surface area contributed by atoms with Crippen molar-refractivity contribution < 1.29 is 9.59 Å². The van der Waals surface area contributed by atoms with E-state index in [0.29, 0.717) is 25.2 Å². The van der Waals surface area contributed by atoms with Crippen molar-refractivity contribution in [2.24, 2.45) is 0 Å². The average molecular weight is 348 g/mol. The molecule has 1 saturated heterocycles. The lowest BCUT2D eigenvalue weighted by molar-refractivity contribution is -0.140. The Hall–Kier alpha value is -3.20. The second-order valence-electron chi connectivity index (χ2n) is 6.46. The third-order valence-corrected chi connectivity index (χ3v) is 4.63. The molecular weight excluding hydrogens is 328 g/mol. The number of benzene rings is 1. The van der Waals surface area contributed by atoms with Gasteiger partial charge in [-0.05, 0) is 31.5 Å². The maximum absolute atomic E-state index is 12.7. The van der Waals surface area contributed by atoms with Gasteiger partial charge in [0.05, 0.1) is 5.56 Å². The molecule has 0 aliphatic carbocycles. The molecular formula is C20H20N4O2. The van der Waals surface area contributed by atoms with Crippen molar-refractivity contribution in [1.82, 2.24) is 14.8 Å². The lowest BCUT2D eigenvalue weighted by Crippen LogP contribution is -2.57. The lowest BCUT2D eigenvalue weighted by Gasteiger charge is -2.39. The molecule has 2 aromatic rings. The molecule has 0 N–H and O–H groups in total. The van der Waals surface area contributed by atoms with Gasteiger partial charge in [0, 0.05) is 25.8 Å². The van der Waals surface area contributed by atoms with Crippen LogP contribution in [0.3, 0.4) is 0 Å². The first-order valence-corrected chi connectivity index (χ1v) is 8.51. The van der Waals surface area contributed by atoms with Crippen LogP contribution in [0, 0.1) is 18.3 Å². The molecule has 0 radical (unpaired) electrons. The van der Waals surface area contributed by atoms with Gasteiger partial charge in [-0.15, -0.1) is 0 Å². The minimum atomic E-state index is -0.530. The third kappa shape index (κ3) is 3.57. The molecule has 2 heterocycles. The summed E-state index contributed by atoms with van der Waals surface area (Å²) in [6.45, 7) is 5.28. The highest BCUT2D eigenvalue weighted by Crippen LogP contribution is 2.17. The van der Waals surface area contributed by atoms with E-state index in [1.807, 2.05) is 37.3 Å². The molecule has 0 spiro atoms. The fourth-order valence-electron chi connectivity index (χ4n) is 3.03. The fourth-order valence-corrected chi connectivity index (χ4v) is 3.03. The summed E-state index contributed by atoms with van der Waals surface area (Å²) in [5.74, 6) is -0.301. The highest BCUT2D eigenvalue weighted by molar-refractivity contribution is 5.97. The van der Waals surface area contributed by atoms with E-state index in [1.54, 1.807) is 22.8 Å². The SMILES string of the molecule is Cc1ccc(CN2CCN(C(=O)c3ccc(C#N)nc3)C(C)C2=O)cc1. The number of carbonyl (C=O) groups excluding carboxylic acids is 2. The summed E-state index contributed by atoms with van der Waals surface area (Å²) in [5.41, 5.74) is 2.90. The van der Waals surface area contributed by atoms with Crippen LogP contribution in [0.25, 0.3) is 0 Å². The van der Waals surface area contributed by atoms with E-state index < -0.39 is 6.04 Å². The summed E-state index contributed by atoms with van der Waals surface area (Å²) in [7, 11) is 0. The number of piperazine rings is 1. The van der Waals surface area contributed by atoms with Gasteiger partial charge in [-0.25, -0.2) is 4.98 Å². The number of nitrogens with zero attached hydrogens (tertiary/aromatic N) is 4. The molecule has 2 amide bonds. The van der Waals surface area contributed by atoms with E-state index >= 15 is 0 Å². The van der Waals surface area contributed by atoms with Crippen LogP contribution < -0.4 is 0 Å². The molecule has 1 aromatic carbocycles. The van der Waals surface area contributed by atoms with Crippen LogP contribution >= 0.6 is 0 Å². The van der Waals surface area contributed by atoms with Crippen molar-refractivity contribution in [2.75, 3.05) is 13.1 Å². The molecule has 6 nitrogen and oxygen atoms in total. The van der Waals surface area contributed by atoms with Crippen molar-refractivity contribution in [3.63, 3.8) is 0 Å². The molecule has 26 heavy (non-hydrogen) atoms. The minimum Gasteiger partial charge on any atom is -0.335 e. The molecule has 1 fully saturated rings. The number of aromatic nitrogens is 1. The molecule has 6 heteroatoms. The first-order valence-electron chi connectivity index (χ1n) is 8.51. The molecule has 1 aromatic heterocycles. The Balaban J connectivity index is 1.69. The smallest absolute Gasteiger partial charge is 0.256 e. The van der Waals surface area contributed by atoms with Gasteiger partial charge in [-0.1, -0.05) is 29.8 Å². The zero-order valence-electron chi connectivity index (χ0n) is 14.8. The van der Waals surface area contributed by atoms with Gasteiger partial charge in [-0.3, -0.25) is 9.59 Å². The van der Waals surface area contributed by atoms with Gasteiger partial charge in [-0.2, -0.15) is 5.26 Å². The lowest BCUT2D eigenvalue weighted by atomic mass is 10.1. The predicted octanol–water partition coefficient (Wildman–Crippen LogP) is 2.13. The normalized spacial score (nSPS) is 17.1. The number of nitriles is 1. The van der Waals surface area contributed by atoms with Gasteiger partial charge in [0.1, 0.15) is 17.8 Å². The molecule has 1 aliphatic heterocycles. The Morgan fingerprint density at radius 3 is 2.58 bits per heavy atom. The Kier molecular flexibility index (Phi) is 4.99. The van der Waals surface area contributed by atoms with Gasteiger partial charge in [0.15, 0.2) is 0 Å². The number of hydrogen-bond acceptors (Lipinski definition) is 4. The monoisotopic (exact) mass is 348 g/mol. The number of aryl methyl sites for hydroxylation is 1. The third-order valence-electron chi connectivity index (χ3n) is 4.63. The Labute approximate surface area is 152 Å². The highest BCUT2D eigenvalue weighted by atomic mass is 16.2. The van der Waals surface area contributed by atoms with E-state index in [-0.39, 0.29) is 17.5 Å². The van der Waals surface area contributed by atoms with Crippen molar-refractivity contribution >= 4 is 11.8 Å². The van der Waals surface area contributed by atoms with E-state index in [1.165, 1.54) is 17.8 Å². The number of amides is 2. The maximum Gasteiger partial charge on any atom is 0.256 e. The second kappa shape index (κ2) is 7.36. The maximum atomic E-state index is 12.7. The molecule has 1 atom stereocenters. The summed E-state index contributed by atoms with van der Waals surface area (Å²) in [5, 5.41) is 8.80. The van der Waals surface area contributed by atoms with Gasteiger partial charge in [0.2, 0.25) is 5.91 Å². The standard InChI is InChI=1S/C20H20N4O2/c1-14-3-5-16(6-4-14)13-23-9-10-24(15(2)19(23)25)20(26)17-7-8-18(11-21)22-12-17/h3-8,12,15H,9-10,13H2,1-2H3. The van der Waals surface area contributed by atoms with Crippen molar-refractivity contribution in [3.8, 4) is 6.07 Å². The summed E-state index contributed by atoms with van der Waals surface area (Å²) < 4.78 is 0. The Bertz CT molecular complexity index is 853. The molecule has 0 saturated carbocycles. The van der Waals surface area contributed by atoms with Crippen molar-refractivity contribution in [3.05, 3.63) is 65.0 Å². The van der Waals surface area contributed by atoms with Gasteiger partial charge in [0.25, 0.3) is 5.91 Å². The number of rotatable bonds is 3. The van der Waals surface area contributed by atoms with E-state index in [4.69, 9.17) is 5.26 Å². The topological polar surface area (TPSA) is 77.3 Å². The number of pyridine rings is 1. The van der Waals surface area contributed by atoms with Crippen LogP contribution in [0.15, 0.2) is 42.6 Å². The van der Waals surface area contributed by atoms with E-state index in [2.05, 4.69) is 4.98 Å².